The molecule has 1 aliphatic rings. The van der Waals surface area contributed by atoms with Gasteiger partial charge in [0.25, 0.3) is 0 Å². The van der Waals surface area contributed by atoms with Gasteiger partial charge in [0.2, 0.25) is 0 Å². The summed E-state index contributed by atoms with van der Waals surface area (Å²) >= 11 is 0. The van der Waals surface area contributed by atoms with Crippen molar-refractivity contribution in [2.45, 2.75) is 38.6 Å². The molecule has 0 bridgehead atoms. The van der Waals surface area contributed by atoms with Crippen LogP contribution >= 0.6 is 0 Å². The standard InChI is InChI=1S/C17H23NO4/c1-2-5-15(18-10-3-4-11-18)17(21)13-6-8-14(9-7-13)22-12-16(19)20/h6-9,15H,2-5,10-12H2,1H3,(H,19,20). The molecule has 22 heavy (non-hydrogen) atoms. The highest BCUT2D eigenvalue weighted by Crippen LogP contribution is 2.21. The number of carbonyl (C=O) groups is 2. The number of hydrogen-bond acceptors (Lipinski definition) is 4. The summed E-state index contributed by atoms with van der Waals surface area (Å²) in [6, 6.07) is 6.71. The van der Waals surface area contributed by atoms with Crippen molar-refractivity contribution in [3.63, 3.8) is 0 Å². The zero-order chi connectivity index (χ0) is 15.9. The van der Waals surface area contributed by atoms with Crippen LogP contribution in [-0.2, 0) is 4.79 Å². The Morgan fingerprint density at radius 1 is 1.23 bits per heavy atom. The Hall–Kier alpha value is -1.88. The molecule has 1 aliphatic heterocycles. The van der Waals surface area contributed by atoms with Gasteiger partial charge in [-0.1, -0.05) is 13.3 Å². The number of ketones is 1. The topological polar surface area (TPSA) is 66.8 Å². The molecule has 1 unspecified atom stereocenters. The monoisotopic (exact) mass is 305 g/mol. The van der Waals surface area contributed by atoms with Crippen molar-refractivity contribution in [3.8, 4) is 5.75 Å². The van der Waals surface area contributed by atoms with Crippen molar-refractivity contribution in [1.82, 2.24) is 4.90 Å². The van der Waals surface area contributed by atoms with Crippen molar-refractivity contribution in [2.75, 3.05) is 19.7 Å². The molecular weight excluding hydrogens is 282 g/mol. The van der Waals surface area contributed by atoms with Crippen LogP contribution in [0.3, 0.4) is 0 Å². The Kier molecular flexibility index (Phi) is 5.95. The second-order valence-electron chi connectivity index (χ2n) is 5.62. The number of aliphatic carboxylic acids is 1. The maximum absolute atomic E-state index is 12.7. The minimum Gasteiger partial charge on any atom is -0.482 e. The maximum Gasteiger partial charge on any atom is 0.341 e. The van der Waals surface area contributed by atoms with E-state index in [4.69, 9.17) is 9.84 Å². The molecule has 1 N–H and O–H groups in total. The van der Waals surface area contributed by atoms with Gasteiger partial charge in [-0.05, 0) is 56.6 Å². The number of carbonyl (C=O) groups excluding carboxylic acids is 1. The summed E-state index contributed by atoms with van der Waals surface area (Å²) in [5.74, 6) is -0.405. The minimum absolute atomic E-state index is 0.0433. The Morgan fingerprint density at radius 3 is 2.41 bits per heavy atom. The molecular formula is C17H23NO4. The number of rotatable bonds is 8. The molecule has 1 heterocycles. The summed E-state index contributed by atoms with van der Waals surface area (Å²) in [5.41, 5.74) is 0.660. The van der Waals surface area contributed by atoms with E-state index < -0.39 is 5.97 Å². The van der Waals surface area contributed by atoms with Gasteiger partial charge in [0.1, 0.15) is 5.75 Å². The average Bonchev–Trinajstić information content (AvgIpc) is 3.04. The Morgan fingerprint density at radius 2 is 1.86 bits per heavy atom. The molecule has 1 saturated heterocycles. The summed E-state index contributed by atoms with van der Waals surface area (Å²) in [6.45, 7) is 3.71. The number of benzene rings is 1. The molecule has 1 fully saturated rings. The smallest absolute Gasteiger partial charge is 0.341 e. The van der Waals surface area contributed by atoms with Gasteiger partial charge in [0, 0.05) is 5.56 Å². The summed E-state index contributed by atoms with van der Waals surface area (Å²) < 4.78 is 5.09. The van der Waals surface area contributed by atoms with Crippen LogP contribution in [0.2, 0.25) is 0 Å². The van der Waals surface area contributed by atoms with E-state index in [1.165, 1.54) is 0 Å². The first-order chi connectivity index (χ1) is 10.6. The molecule has 2 rings (SSSR count). The number of carboxylic acid groups (broad SMARTS) is 1. The summed E-state index contributed by atoms with van der Waals surface area (Å²) in [4.78, 5) is 25.5. The molecule has 0 aliphatic carbocycles. The normalized spacial score (nSPS) is 16.4. The Labute approximate surface area is 130 Å². The van der Waals surface area contributed by atoms with Gasteiger partial charge in [-0.3, -0.25) is 9.69 Å². The maximum atomic E-state index is 12.7. The van der Waals surface area contributed by atoms with E-state index in [0.717, 1.165) is 38.8 Å². The third-order valence-corrected chi connectivity index (χ3v) is 3.95. The molecule has 120 valence electrons. The van der Waals surface area contributed by atoms with Crippen LogP contribution in [0, 0.1) is 0 Å². The zero-order valence-corrected chi connectivity index (χ0v) is 13.0. The number of Topliss-reactive ketones (excluding diaryl/α,β-unsaturated/α-hetero) is 1. The van der Waals surface area contributed by atoms with Crippen LogP contribution in [-0.4, -0.2) is 47.5 Å². The van der Waals surface area contributed by atoms with Gasteiger partial charge >= 0.3 is 5.97 Å². The second kappa shape index (κ2) is 7.94. The van der Waals surface area contributed by atoms with Crippen molar-refractivity contribution in [3.05, 3.63) is 29.8 Å². The van der Waals surface area contributed by atoms with Crippen molar-refractivity contribution >= 4 is 11.8 Å². The molecule has 1 aromatic carbocycles. The molecule has 5 heteroatoms. The first-order valence-electron chi connectivity index (χ1n) is 7.84. The molecule has 0 radical (unpaired) electrons. The molecule has 1 atom stereocenters. The van der Waals surface area contributed by atoms with Crippen LogP contribution < -0.4 is 4.74 Å². The molecule has 0 aromatic heterocycles. The van der Waals surface area contributed by atoms with Gasteiger partial charge in [-0.25, -0.2) is 4.79 Å². The molecule has 0 amide bonds. The van der Waals surface area contributed by atoms with Crippen molar-refractivity contribution in [1.29, 1.82) is 0 Å². The summed E-state index contributed by atoms with van der Waals surface area (Å²) in [7, 11) is 0. The van der Waals surface area contributed by atoms with E-state index in [0.29, 0.717) is 11.3 Å². The number of likely N-dealkylation sites (tertiary alicyclic amines) is 1. The van der Waals surface area contributed by atoms with Gasteiger partial charge in [0.05, 0.1) is 6.04 Å². The molecule has 5 nitrogen and oxygen atoms in total. The van der Waals surface area contributed by atoms with E-state index >= 15 is 0 Å². The molecule has 0 saturated carbocycles. The van der Waals surface area contributed by atoms with E-state index in [9.17, 15) is 9.59 Å². The summed E-state index contributed by atoms with van der Waals surface area (Å²) in [6.07, 6.45) is 4.17. The lowest BCUT2D eigenvalue weighted by Crippen LogP contribution is -2.39. The van der Waals surface area contributed by atoms with E-state index in [1.54, 1.807) is 24.3 Å². The fourth-order valence-corrected chi connectivity index (χ4v) is 2.86. The molecule has 0 spiro atoms. The lowest BCUT2D eigenvalue weighted by molar-refractivity contribution is -0.139. The zero-order valence-electron chi connectivity index (χ0n) is 13.0. The lowest BCUT2D eigenvalue weighted by Gasteiger charge is -2.26. The third-order valence-electron chi connectivity index (χ3n) is 3.95. The van der Waals surface area contributed by atoms with Crippen LogP contribution in [0.25, 0.3) is 0 Å². The minimum atomic E-state index is -1.02. The van der Waals surface area contributed by atoms with Crippen molar-refractivity contribution in [2.24, 2.45) is 0 Å². The predicted molar refractivity (Wildman–Crippen MR) is 83.4 cm³/mol. The third kappa shape index (κ3) is 4.31. The van der Waals surface area contributed by atoms with Gasteiger partial charge < -0.3 is 9.84 Å². The highest BCUT2D eigenvalue weighted by molar-refractivity contribution is 6.00. The largest absolute Gasteiger partial charge is 0.482 e. The lowest BCUT2D eigenvalue weighted by atomic mass is 9.99. The van der Waals surface area contributed by atoms with E-state index in [2.05, 4.69) is 11.8 Å². The number of carboxylic acids is 1. The summed E-state index contributed by atoms with van der Waals surface area (Å²) in [5, 5.41) is 8.59. The molecule has 1 aromatic rings. The average molecular weight is 305 g/mol. The first-order valence-corrected chi connectivity index (χ1v) is 7.84. The fraction of sp³-hybridized carbons (Fsp3) is 0.529. The van der Waals surface area contributed by atoms with Crippen LogP contribution in [0.5, 0.6) is 5.75 Å². The predicted octanol–water partition coefficient (Wildman–Crippen LogP) is 2.60. The van der Waals surface area contributed by atoms with E-state index in [1.807, 2.05) is 0 Å². The van der Waals surface area contributed by atoms with Crippen LogP contribution in [0.15, 0.2) is 24.3 Å². The van der Waals surface area contributed by atoms with Gasteiger partial charge in [-0.2, -0.15) is 0 Å². The SMILES string of the molecule is CCCC(C(=O)c1ccc(OCC(=O)O)cc1)N1CCCC1. The first kappa shape index (κ1) is 16.5. The highest BCUT2D eigenvalue weighted by atomic mass is 16.5. The second-order valence-corrected chi connectivity index (χ2v) is 5.62. The number of ether oxygens (including phenoxy) is 1. The Balaban J connectivity index is 2.04. The fourth-order valence-electron chi connectivity index (χ4n) is 2.86. The quantitative estimate of drug-likeness (QED) is 0.748. The van der Waals surface area contributed by atoms with Gasteiger partial charge in [-0.15, -0.1) is 0 Å². The Bertz CT molecular complexity index is 506. The van der Waals surface area contributed by atoms with Crippen LogP contribution in [0.1, 0.15) is 43.0 Å². The van der Waals surface area contributed by atoms with Gasteiger partial charge in [0.15, 0.2) is 12.4 Å². The van der Waals surface area contributed by atoms with Crippen molar-refractivity contribution < 1.29 is 19.4 Å². The number of hydrogen-bond donors (Lipinski definition) is 1. The number of nitrogens with zero attached hydrogens (tertiary/aromatic N) is 1. The highest BCUT2D eigenvalue weighted by Gasteiger charge is 2.27. The van der Waals surface area contributed by atoms with Crippen LogP contribution in [0.4, 0.5) is 0 Å². The van der Waals surface area contributed by atoms with E-state index in [-0.39, 0.29) is 18.4 Å².